The maximum Gasteiger partial charge on any atom is 0.304 e. The Bertz CT molecular complexity index is 717. The Hall–Kier alpha value is -2.51. The van der Waals surface area contributed by atoms with Crippen LogP contribution in [0.1, 0.15) is 32.5 Å². The number of nitrogens with one attached hydrogen (secondary N) is 1. The predicted molar refractivity (Wildman–Crippen MR) is 83.9 cm³/mol. The molecule has 2 aromatic rings. The first-order valence-corrected chi connectivity index (χ1v) is 7.73. The minimum absolute atomic E-state index is 0.0472. The second-order valence-corrected chi connectivity index (χ2v) is 5.55. The topological polar surface area (TPSA) is 69.2 Å². The van der Waals surface area contributed by atoms with E-state index in [1.54, 1.807) is 18.5 Å². The number of hydrogen-bond donors (Lipinski definition) is 1. The molecule has 0 amide bonds. The summed E-state index contributed by atoms with van der Waals surface area (Å²) in [5.41, 5.74) is 0.577. The summed E-state index contributed by atoms with van der Waals surface area (Å²) in [6, 6.07) is 3.18. The van der Waals surface area contributed by atoms with E-state index in [9.17, 15) is 8.78 Å². The molecule has 3 rings (SSSR count). The van der Waals surface area contributed by atoms with Crippen LogP contribution in [0.5, 0.6) is 11.6 Å². The van der Waals surface area contributed by atoms with Gasteiger partial charge in [-0.3, -0.25) is 4.98 Å². The summed E-state index contributed by atoms with van der Waals surface area (Å²) >= 11 is 0. The van der Waals surface area contributed by atoms with Gasteiger partial charge in [0.1, 0.15) is 11.9 Å². The van der Waals surface area contributed by atoms with Crippen LogP contribution in [0.15, 0.2) is 24.5 Å². The Morgan fingerprint density at radius 3 is 2.79 bits per heavy atom. The van der Waals surface area contributed by atoms with E-state index in [4.69, 9.17) is 9.47 Å². The third-order valence-corrected chi connectivity index (χ3v) is 3.25. The number of anilines is 2. The van der Waals surface area contributed by atoms with Gasteiger partial charge in [0.25, 0.3) is 0 Å². The van der Waals surface area contributed by atoms with Crippen molar-refractivity contribution in [1.29, 1.82) is 0 Å². The van der Waals surface area contributed by atoms with E-state index in [1.807, 2.05) is 6.92 Å². The molecule has 6 nitrogen and oxygen atoms in total. The molecule has 0 radical (unpaired) electrons. The van der Waals surface area contributed by atoms with Crippen LogP contribution >= 0.6 is 0 Å². The van der Waals surface area contributed by atoms with Crippen LogP contribution in [0, 0.1) is 0 Å². The first-order chi connectivity index (χ1) is 11.5. The molecule has 8 heteroatoms. The maximum absolute atomic E-state index is 13.7. The first-order valence-electron chi connectivity index (χ1n) is 7.73. The molecule has 1 N–H and O–H groups in total. The van der Waals surface area contributed by atoms with Crippen molar-refractivity contribution in [3.05, 3.63) is 30.4 Å². The lowest BCUT2D eigenvalue weighted by atomic mass is 10.3. The number of ether oxygens (including phenoxy) is 2. The van der Waals surface area contributed by atoms with E-state index in [1.165, 1.54) is 6.07 Å². The highest BCUT2D eigenvalue weighted by Crippen LogP contribution is 2.32. The van der Waals surface area contributed by atoms with Gasteiger partial charge in [0.15, 0.2) is 5.75 Å². The van der Waals surface area contributed by atoms with E-state index in [-0.39, 0.29) is 17.8 Å². The second kappa shape index (κ2) is 6.54. The fourth-order valence-corrected chi connectivity index (χ4v) is 1.99. The van der Waals surface area contributed by atoms with Crippen molar-refractivity contribution >= 4 is 11.5 Å². The third-order valence-electron chi connectivity index (χ3n) is 3.25. The Kier molecular flexibility index (Phi) is 4.46. The van der Waals surface area contributed by atoms with Crippen molar-refractivity contribution in [1.82, 2.24) is 15.0 Å². The Morgan fingerprint density at radius 1 is 1.33 bits per heavy atom. The molecule has 0 unspecified atom stereocenters. The van der Waals surface area contributed by atoms with Gasteiger partial charge in [0.05, 0.1) is 18.5 Å². The lowest BCUT2D eigenvalue weighted by molar-refractivity contribution is 0.00705. The molecule has 128 valence electrons. The van der Waals surface area contributed by atoms with E-state index in [0.29, 0.717) is 18.0 Å². The molecule has 0 aromatic carbocycles. The zero-order chi connectivity index (χ0) is 17.2. The SMILES string of the molecule is CCOc1cnccc1Nc1cc(OC2CC2)nc(C(C)(F)F)n1. The molecule has 0 saturated heterocycles. The van der Waals surface area contributed by atoms with Crippen LogP contribution in [-0.2, 0) is 5.92 Å². The Morgan fingerprint density at radius 2 is 2.12 bits per heavy atom. The molecule has 1 aliphatic rings. The van der Waals surface area contributed by atoms with Crippen LogP contribution < -0.4 is 14.8 Å². The van der Waals surface area contributed by atoms with Crippen LogP contribution in [0.4, 0.5) is 20.3 Å². The number of rotatable bonds is 7. The summed E-state index contributed by atoms with van der Waals surface area (Å²) in [7, 11) is 0. The lowest BCUT2D eigenvalue weighted by Gasteiger charge is -2.15. The molecule has 24 heavy (non-hydrogen) atoms. The standard InChI is InChI=1S/C16H18F2N4O2/c1-3-23-12-9-19-7-6-11(12)20-13-8-14(24-10-4-5-10)22-15(21-13)16(2,17)18/h6-10H,3-5H2,1-2H3,(H,19,20,21,22). The summed E-state index contributed by atoms with van der Waals surface area (Å²) in [5.74, 6) is -2.90. The van der Waals surface area contributed by atoms with Crippen LogP contribution in [-0.4, -0.2) is 27.7 Å². The summed E-state index contributed by atoms with van der Waals surface area (Å²) < 4.78 is 38.3. The van der Waals surface area contributed by atoms with Crippen molar-refractivity contribution in [3.63, 3.8) is 0 Å². The van der Waals surface area contributed by atoms with Crippen molar-refractivity contribution in [2.24, 2.45) is 0 Å². The van der Waals surface area contributed by atoms with Crippen molar-refractivity contribution in [2.45, 2.75) is 38.7 Å². The smallest absolute Gasteiger partial charge is 0.304 e. The van der Waals surface area contributed by atoms with Gasteiger partial charge in [-0.25, -0.2) is 4.98 Å². The number of aromatic nitrogens is 3. The molecule has 2 heterocycles. The van der Waals surface area contributed by atoms with Gasteiger partial charge in [-0.05, 0) is 25.8 Å². The number of hydrogen-bond acceptors (Lipinski definition) is 6. The summed E-state index contributed by atoms with van der Waals surface area (Å²) in [6.07, 6.45) is 4.98. The summed E-state index contributed by atoms with van der Waals surface area (Å²) in [6.45, 7) is 3.06. The molecule has 0 bridgehead atoms. The van der Waals surface area contributed by atoms with Crippen molar-refractivity contribution in [2.75, 3.05) is 11.9 Å². The number of nitrogens with zero attached hydrogens (tertiary/aromatic N) is 3. The van der Waals surface area contributed by atoms with Gasteiger partial charge in [0.2, 0.25) is 11.7 Å². The van der Waals surface area contributed by atoms with E-state index in [2.05, 4.69) is 20.3 Å². The Labute approximate surface area is 138 Å². The van der Waals surface area contributed by atoms with Gasteiger partial charge >= 0.3 is 5.92 Å². The minimum atomic E-state index is -3.17. The highest BCUT2D eigenvalue weighted by Gasteiger charge is 2.31. The molecule has 0 spiro atoms. The van der Waals surface area contributed by atoms with Crippen molar-refractivity contribution < 1.29 is 18.3 Å². The van der Waals surface area contributed by atoms with Gasteiger partial charge in [-0.1, -0.05) is 0 Å². The molecule has 0 atom stereocenters. The molecule has 1 aliphatic carbocycles. The largest absolute Gasteiger partial charge is 0.490 e. The fraction of sp³-hybridized carbons (Fsp3) is 0.438. The van der Waals surface area contributed by atoms with Gasteiger partial charge in [-0.2, -0.15) is 13.8 Å². The highest BCUT2D eigenvalue weighted by molar-refractivity contribution is 5.63. The maximum atomic E-state index is 13.7. The second-order valence-electron chi connectivity index (χ2n) is 5.55. The monoisotopic (exact) mass is 336 g/mol. The van der Waals surface area contributed by atoms with Crippen molar-refractivity contribution in [3.8, 4) is 11.6 Å². The van der Waals surface area contributed by atoms with E-state index < -0.39 is 11.7 Å². The highest BCUT2D eigenvalue weighted by atomic mass is 19.3. The van der Waals surface area contributed by atoms with Crippen LogP contribution in [0.2, 0.25) is 0 Å². The number of alkyl halides is 2. The number of halogens is 2. The zero-order valence-electron chi connectivity index (χ0n) is 13.4. The van der Waals surface area contributed by atoms with Gasteiger partial charge in [-0.15, -0.1) is 0 Å². The van der Waals surface area contributed by atoms with E-state index >= 15 is 0 Å². The number of pyridine rings is 1. The molecule has 1 fully saturated rings. The third kappa shape index (κ3) is 4.06. The minimum Gasteiger partial charge on any atom is -0.490 e. The predicted octanol–water partition coefficient (Wildman–Crippen LogP) is 3.67. The molecule has 0 aliphatic heterocycles. The quantitative estimate of drug-likeness (QED) is 0.832. The lowest BCUT2D eigenvalue weighted by Crippen LogP contribution is -2.15. The average molecular weight is 336 g/mol. The molecular weight excluding hydrogens is 318 g/mol. The summed E-state index contributed by atoms with van der Waals surface area (Å²) in [4.78, 5) is 11.7. The summed E-state index contributed by atoms with van der Waals surface area (Å²) in [5, 5.41) is 2.97. The van der Waals surface area contributed by atoms with Crippen LogP contribution in [0.3, 0.4) is 0 Å². The molecule has 1 saturated carbocycles. The normalized spacial score (nSPS) is 14.3. The molecule has 2 aromatic heterocycles. The first kappa shape index (κ1) is 16.4. The Balaban J connectivity index is 1.91. The van der Waals surface area contributed by atoms with Gasteiger partial charge in [0, 0.05) is 19.2 Å². The van der Waals surface area contributed by atoms with Gasteiger partial charge < -0.3 is 14.8 Å². The zero-order valence-corrected chi connectivity index (χ0v) is 13.4. The van der Waals surface area contributed by atoms with E-state index in [0.717, 1.165) is 19.8 Å². The van der Waals surface area contributed by atoms with Crippen LogP contribution in [0.25, 0.3) is 0 Å². The molecular formula is C16H18F2N4O2. The fourth-order valence-electron chi connectivity index (χ4n) is 1.99. The average Bonchev–Trinajstić information content (AvgIpc) is 3.32.